The van der Waals surface area contributed by atoms with Crippen LogP contribution < -0.4 is 0 Å². The van der Waals surface area contributed by atoms with Gasteiger partial charge in [0.15, 0.2) is 0 Å². The Morgan fingerprint density at radius 1 is 1.09 bits per heavy atom. The van der Waals surface area contributed by atoms with E-state index < -0.39 is 33.3 Å². The summed E-state index contributed by atoms with van der Waals surface area (Å²) < 4.78 is 13.3. The fourth-order valence-corrected chi connectivity index (χ4v) is 4.54. The third-order valence-electron chi connectivity index (χ3n) is 5.13. The molecule has 4 rings (SSSR count). The first-order valence-corrected chi connectivity index (χ1v) is 11.2. The van der Waals surface area contributed by atoms with E-state index in [2.05, 4.69) is 0 Å². The lowest BCUT2D eigenvalue weighted by molar-refractivity contribution is -0.385. The quantitative estimate of drug-likeness (QED) is 0.257. The molecule has 34 heavy (non-hydrogen) atoms. The fraction of sp³-hybridized carbons (Fsp3) is 0.0833. The van der Waals surface area contributed by atoms with Crippen molar-refractivity contribution in [3.63, 3.8) is 0 Å². The number of hydrogen-bond donors (Lipinski definition) is 1. The van der Waals surface area contributed by atoms with E-state index >= 15 is 0 Å². The molecular weight excluding hydrogens is 483 g/mol. The molecule has 0 spiro atoms. The number of benzene rings is 3. The van der Waals surface area contributed by atoms with Crippen LogP contribution in [0.1, 0.15) is 22.3 Å². The van der Waals surface area contributed by atoms with Gasteiger partial charge < -0.3 is 5.11 Å². The molecule has 1 aliphatic heterocycles. The number of thioether (sulfide) groups is 1. The lowest BCUT2D eigenvalue weighted by Crippen LogP contribution is -2.27. The van der Waals surface area contributed by atoms with Crippen molar-refractivity contribution in [2.45, 2.75) is 13.0 Å². The molecule has 3 aromatic carbocycles. The molecule has 2 amide bonds. The first kappa shape index (κ1) is 23.5. The number of nitrogens with zero attached hydrogens (tertiary/aromatic N) is 2. The monoisotopic (exact) mass is 498 g/mol. The van der Waals surface area contributed by atoms with Gasteiger partial charge in [0.05, 0.1) is 16.4 Å². The number of carbonyl (C=O) groups excluding carboxylic acids is 2. The summed E-state index contributed by atoms with van der Waals surface area (Å²) >= 11 is 6.65. The van der Waals surface area contributed by atoms with E-state index in [4.69, 9.17) is 11.6 Å². The van der Waals surface area contributed by atoms with E-state index in [0.29, 0.717) is 29.3 Å². The summed E-state index contributed by atoms with van der Waals surface area (Å²) in [6, 6.07) is 15.7. The van der Waals surface area contributed by atoms with Gasteiger partial charge in [-0.2, -0.15) is 0 Å². The highest BCUT2D eigenvalue weighted by molar-refractivity contribution is 8.18. The van der Waals surface area contributed by atoms with Gasteiger partial charge in [0, 0.05) is 16.7 Å². The molecule has 0 saturated carbocycles. The Bertz CT molecular complexity index is 1350. The number of imide groups is 1. The zero-order valence-corrected chi connectivity index (χ0v) is 19.0. The van der Waals surface area contributed by atoms with E-state index in [0.717, 1.165) is 16.5 Å². The predicted molar refractivity (Wildman–Crippen MR) is 127 cm³/mol. The average Bonchev–Trinajstić information content (AvgIpc) is 3.05. The molecule has 1 heterocycles. The molecule has 172 valence electrons. The second-order valence-corrected chi connectivity index (χ2v) is 8.88. The molecule has 1 fully saturated rings. The molecule has 3 aromatic rings. The molecule has 1 aliphatic rings. The minimum absolute atomic E-state index is 0.00954. The number of phenols is 1. The van der Waals surface area contributed by atoms with Crippen LogP contribution in [0.3, 0.4) is 0 Å². The van der Waals surface area contributed by atoms with Gasteiger partial charge in [0.25, 0.3) is 11.1 Å². The lowest BCUT2D eigenvalue weighted by Gasteiger charge is -2.13. The minimum atomic E-state index is -0.705. The normalized spacial score (nSPS) is 14.8. The van der Waals surface area contributed by atoms with Crippen molar-refractivity contribution in [1.82, 2.24) is 4.90 Å². The van der Waals surface area contributed by atoms with Gasteiger partial charge in [-0.15, -0.1) is 0 Å². The number of phenolic OH excluding ortho intramolecular Hbond substituents is 1. The van der Waals surface area contributed by atoms with Crippen LogP contribution in [0.4, 0.5) is 14.9 Å². The zero-order chi connectivity index (χ0) is 24.4. The van der Waals surface area contributed by atoms with Gasteiger partial charge >= 0.3 is 5.69 Å². The van der Waals surface area contributed by atoms with Crippen molar-refractivity contribution in [3.8, 4) is 5.75 Å². The second kappa shape index (κ2) is 9.66. The van der Waals surface area contributed by atoms with Gasteiger partial charge in [0.2, 0.25) is 5.75 Å². The van der Waals surface area contributed by atoms with Crippen molar-refractivity contribution in [2.24, 2.45) is 0 Å². The van der Waals surface area contributed by atoms with E-state index in [9.17, 15) is 29.2 Å². The maximum Gasteiger partial charge on any atom is 0.311 e. The summed E-state index contributed by atoms with van der Waals surface area (Å²) in [6.45, 7) is -0.165. The lowest BCUT2D eigenvalue weighted by atomic mass is 10.0. The SMILES string of the molecule is O=C1S/C(=C\c2cc(Cc3ccccc3)cc([N+](=O)[O-])c2O)C(=O)N1Cc1ccc(F)cc1Cl. The van der Waals surface area contributed by atoms with Crippen LogP contribution in [0, 0.1) is 15.9 Å². The molecule has 0 radical (unpaired) electrons. The Morgan fingerprint density at radius 3 is 2.50 bits per heavy atom. The summed E-state index contributed by atoms with van der Waals surface area (Å²) in [5.74, 6) is -1.80. The highest BCUT2D eigenvalue weighted by Crippen LogP contribution is 2.38. The first-order chi connectivity index (χ1) is 16.2. The van der Waals surface area contributed by atoms with Crippen molar-refractivity contribution in [3.05, 3.63) is 109 Å². The maximum absolute atomic E-state index is 13.3. The van der Waals surface area contributed by atoms with Crippen LogP contribution in [-0.2, 0) is 17.8 Å². The van der Waals surface area contributed by atoms with Crippen molar-refractivity contribution >= 4 is 46.3 Å². The summed E-state index contributed by atoms with van der Waals surface area (Å²) in [6.07, 6.45) is 1.63. The summed E-state index contributed by atoms with van der Waals surface area (Å²) in [4.78, 5) is 37.1. The number of rotatable bonds is 6. The Labute approximate surface area is 202 Å². The Balaban J connectivity index is 1.66. The first-order valence-electron chi connectivity index (χ1n) is 9.96. The number of amides is 2. The van der Waals surface area contributed by atoms with Crippen molar-refractivity contribution in [2.75, 3.05) is 0 Å². The molecule has 0 atom stereocenters. The number of halogens is 2. The number of aromatic hydroxyl groups is 1. The topological polar surface area (TPSA) is 101 Å². The molecule has 10 heteroatoms. The van der Waals surface area contributed by atoms with Gasteiger partial charge in [-0.1, -0.05) is 48.0 Å². The van der Waals surface area contributed by atoms with E-state index in [1.165, 1.54) is 24.3 Å². The second-order valence-electron chi connectivity index (χ2n) is 7.48. The highest BCUT2D eigenvalue weighted by atomic mass is 35.5. The summed E-state index contributed by atoms with van der Waals surface area (Å²) in [5.41, 5.74) is 1.39. The molecule has 7 nitrogen and oxygen atoms in total. The van der Waals surface area contributed by atoms with Crippen LogP contribution in [0.25, 0.3) is 6.08 Å². The standard InChI is InChI=1S/C24H16ClFN2O5S/c25-19-12-18(26)7-6-16(19)13-27-23(30)21(34-24(27)31)11-17-9-15(8-14-4-2-1-3-5-14)10-20(22(17)29)28(32)33/h1-7,9-12,29H,8,13H2/b21-11-. The van der Waals surface area contributed by atoms with Crippen LogP contribution in [0.2, 0.25) is 5.02 Å². The van der Waals surface area contributed by atoms with Crippen LogP contribution in [-0.4, -0.2) is 26.1 Å². The fourth-order valence-electron chi connectivity index (χ4n) is 3.48. The summed E-state index contributed by atoms with van der Waals surface area (Å²) in [7, 11) is 0. The Hall–Kier alpha value is -3.69. The minimum Gasteiger partial charge on any atom is -0.502 e. The van der Waals surface area contributed by atoms with E-state index in [1.807, 2.05) is 30.3 Å². The van der Waals surface area contributed by atoms with E-state index in [-0.39, 0.29) is 22.0 Å². The van der Waals surface area contributed by atoms with Gasteiger partial charge in [-0.05, 0) is 59.1 Å². The average molecular weight is 499 g/mol. The molecule has 1 N–H and O–H groups in total. The zero-order valence-electron chi connectivity index (χ0n) is 17.4. The van der Waals surface area contributed by atoms with Crippen LogP contribution in [0.15, 0.2) is 65.6 Å². The predicted octanol–water partition coefficient (Wildman–Crippen LogP) is 5.92. The number of nitro groups is 1. The number of carbonyl (C=O) groups is 2. The Morgan fingerprint density at radius 2 is 1.82 bits per heavy atom. The highest BCUT2D eigenvalue weighted by Gasteiger charge is 2.36. The molecule has 0 aliphatic carbocycles. The smallest absolute Gasteiger partial charge is 0.311 e. The number of nitro benzene ring substituents is 1. The van der Waals surface area contributed by atoms with Crippen LogP contribution >= 0.6 is 23.4 Å². The number of hydrogen-bond acceptors (Lipinski definition) is 6. The van der Waals surface area contributed by atoms with Crippen molar-refractivity contribution < 1.29 is 24.0 Å². The largest absolute Gasteiger partial charge is 0.502 e. The molecule has 1 saturated heterocycles. The van der Waals surface area contributed by atoms with Crippen LogP contribution in [0.5, 0.6) is 5.75 Å². The van der Waals surface area contributed by atoms with Gasteiger partial charge in [0.1, 0.15) is 5.82 Å². The van der Waals surface area contributed by atoms with E-state index in [1.54, 1.807) is 6.07 Å². The third-order valence-corrected chi connectivity index (χ3v) is 6.39. The van der Waals surface area contributed by atoms with Gasteiger partial charge in [-0.25, -0.2) is 4.39 Å². The Kier molecular flexibility index (Phi) is 6.67. The summed E-state index contributed by atoms with van der Waals surface area (Å²) in [5, 5.41) is 21.5. The third kappa shape index (κ3) is 4.95. The molecular formula is C24H16ClFN2O5S. The van der Waals surface area contributed by atoms with Crippen molar-refractivity contribution in [1.29, 1.82) is 0 Å². The van der Waals surface area contributed by atoms with Gasteiger partial charge in [-0.3, -0.25) is 24.6 Å². The molecule has 0 bridgehead atoms. The molecule has 0 aromatic heterocycles. The maximum atomic E-state index is 13.3. The molecule has 0 unspecified atom stereocenters.